The Balaban J connectivity index is 1.31. The fraction of sp³-hybridized carbons (Fsp3) is 0.0714. The Hall–Kier alpha value is -3.26. The first-order valence-corrected chi connectivity index (χ1v) is 13.3. The summed E-state index contributed by atoms with van der Waals surface area (Å²) in [6.07, 6.45) is 0. The van der Waals surface area contributed by atoms with Gasteiger partial charge in [0.1, 0.15) is 0 Å². The molecule has 1 heterocycles. The summed E-state index contributed by atoms with van der Waals surface area (Å²) in [4.78, 5) is 18.8. The number of rotatable bonds is 5. The third-order valence-electron chi connectivity index (χ3n) is 5.44. The number of nitrogens with one attached hydrogen (secondary N) is 2. The number of hydrogen-bond donors (Lipinski definition) is 2. The molecule has 4 nitrogen and oxygen atoms in total. The predicted octanol–water partition coefficient (Wildman–Crippen LogP) is 7.81. The Morgan fingerprint density at radius 1 is 0.800 bits per heavy atom. The van der Waals surface area contributed by atoms with E-state index in [0.717, 1.165) is 37.4 Å². The summed E-state index contributed by atoms with van der Waals surface area (Å²) in [7, 11) is 0. The Labute approximate surface area is 219 Å². The number of carbonyl (C=O) groups is 1. The van der Waals surface area contributed by atoms with Gasteiger partial charge >= 0.3 is 0 Å². The molecule has 0 radical (unpaired) electrons. The third kappa shape index (κ3) is 5.37. The Bertz CT molecular complexity index is 1330. The lowest BCUT2D eigenvalue weighted by Gasteiger charge is -2.32. The zero-order chi connectivity index (χ0) is 24.2. The van der Waals surface area contributed by atoms with Crippen LogP contribution >= 0.6 is 35.7 Å². The lowest BCUT2D eigenvalue weighted by atomic mass is 10.2. The second kappa shape index (κ2) is 10.6. The van der Waals surface area contributed by atoms with Gasteiger partial charge in [-0.15, -0.1) is 11.8 Å². The van der Waals surface area contributed by atoms with Crippen LogP contribution in [-0.2, 0) is 4.79 Å². The van der Waals surface area contributed by atoms with Crippen LogP contribution in [-0.4, -0.2) is 16.3 Å². The first-order valence-electron chi connectivity index (χ1n) is 11.2. The summed E-state index contributed by atoms with van der Waals surface area (Å²) in [6, 6.07) is 33.9. The molecule has 0 spiro atoms. The van der Waals surface area contributed by atoms with E-state index in [4.69, 9.17) is 12.2 Å². The number of thioether (sulfide) groups is 1. The van der Waals surface area contributed by atoms with Crippen molar-refractivity contribution in [3.8, 4) is 0 Å². The Morgan fingerprint density at radius 3 is 2.06 bits per heavy atom. The maximum absolute atomic E-state index is 13.7. The van der Waals surface area contributed by atoms with Gasteiger partial charge in [0.2, 0.25) is 5.91 Å². The molecular formula is C28H23N3OS3. The molecule has 4 aromatic carbocycles. The van der Waals surface area contributed by atoms with Crippen LogP contribution < -0.4 is 15.5 Å². The normalized spacial score (nSPS) is 12.8. The molecule has 1 atom stereocenters. The zero-order valence-electron chi connectivity index (χ0n) is 19.0. The van der Waals surface area contributed by atoms with E-state index < -0.39 is 0 Å². The molecule has 1 amide bonds. The average Bonchev–Trinajstić information content (AvgIpc) is 2.87. The molecule has 4 aromatic rings. The van der Waals surface area contributed by atoms with Gasteiger partial charge in [0.25, 0.3) is 0 Å². The van der Waals surface area contributed by atoms with E-state index in [1.165, 1.54) is 11.8 Å². The van der Waals surface area contributed by atoms with Gasteiger partial charge in [0, 0.05) is 26.1 Å². The monoisotopic (exact) mass is 513 g/mol. The summed E-state index contributed by atoms with van der Waals surface area (Å²) >= 11 is 8.70. The van der Waals surface area contributed by atoms with Crippen LogP contribution in [0.4, 0.5) is 22.7 Å². The highest BCUT2D eigenvalue weighted by atomic mass is 32.2. The SMILES string of the molecule is CC(Sc1cccc(NC(=S)Nc2ccccc2)c1)C(=O)N1c2ccccc2Sc2ccccc21. The van der Waals surface area contributed by atoms with Crippen molar-refractivity contribution in [1.29, 1.82) is 0 Å². The standard InChI is InChI=1S/C28H23N3OS3/c1-19(27(32)31-23-14-5-7-16-25(23)35-26-17-8-6-15-24(26)31)34-22-13-9-12-21(18-22)30-28(33)29-20-10-3-2-4-11-20/h2-19H,1H3,(H2,29,30,33). The van der Waals surface area contributed by atoms with Gasteiger partial charge in [0.15, 0.2) is 5.11 Å². The maximum Gasteiger partial charge on any atom is 0.244 e. The maximum atomic E-state index is 13.7. The number of para-hydroxylation sites is 3. The number of fused-ring (bicyclic) bond motifs is 2. The topological polar surface area (TPSA) is 44.4 Å². The number of thiocarbonyl (C=S) groups is 1. The summed E-state index contributed by atoms with van der Waals surface area (Å²) in [5, 5.41) is 6.64. The second-order valence-electron chi connectivity index (χ2n) is 7.94. The van der Waals surface area contributed by atoms with E-state index in [0.29, 0.717) is 5.11 Å². The minimum atomic E-state index is -0.288. The largest absolute Gasteiger partial charge is 0.332 e. The molecule has 7 heteroatoms. The van der Waals surface area contributed by atoms with E-state index in [2.05, 4.69) is 22.8 Å². The Kier molecular flexibility index (Phi) is 7.08. The number of nitrogens with zero attached hydrogens (tertiary/aromatic N) is 1. The molecule has 35 heavy (non-hydrogen) atoms. The van der Waals surface area contributed by atoms with Crippen LogP contribution in [0.5, 0.6) is 0 Å². The van der Waals surface area contributed by atoms with Crippen LogP contribution in [0.15, 0.2) is 118 Å². The minimum absolute atomic E-state index is 0.0508. The van der Waals surface area contributed by atoms with E-state index >= 15 is 0 Å². The van der Waals surface area contributed by atoms with Gasteiger partial charge in [0.05, 0.1) is 16.6 Å². The number of carbonyl (C=O) groups excluding carboxylic acids is 1. The number of amides is 1. The third-order valence-corrected chi connectivity index (χ3v) is 7.85. The lowest BCUT2D eigenvalue weighted by molar-refractivity contribution is -0.117. The quantitative estimate of drug-likeness (QED) is 0.210. The van der Waals surface area contributed by atoms with Crippen molar-refractivity contribution in [2.24, 2.45) is 0 Å². The minimum Gasteiger partial charge on any atom is -0.332 e. The highest BCUT2D eigenvalue weighted by Crippen LogP contribution is 2.48. The molecule has 1 aliphatic heterocycles. The number of benzene rings is 4. The van der Waals surface area contributed by atoms with Gasteiger partial charge in [-0.3, -0.25) is 9.69 Å². The summed E-state index contributed by atoms with van der Waals surface area (Å²) in [5.74, 6) is 0.0508. The van der Waals surface area contributed by atoms with E-state index in [-0.39, 0.29) is 11.2 Å². The van der Waals surface area contributed by atoms with Crippen LogP contribution in [0.25, 0.3) is 0 Å². The van der Waals surface area contributed by atoms with Crippen molar-refractivity contribution in [3.05, 3.63) is 103 Å². The highest BCUT2D eigenvalue weighted by Gasteiger charge is 2.31. The molecule has 0 aliphatic carbocycles. The number of anilines is 4. The number of hydrogen-bond acceptors (Lipinski definition) is 4. The molecule has 1 unspecified atom stereocenters. The molecular weight excluding hydrogens is 491 g/mol. The fourth-order valence-corrected chi connectivity index (χ4v) is 6.10. The zero-order valence-corrected chi connectivity index (χ0v) is 21.4. The van der Waals surface area contributed by atoms with Gasteiger partial charge in [-0.25, -0.2) is 0 Å². The highest BCUT2D eigenvalue weighted by molar-refractivity contribution is 8.00. The van der Waals surface area contributed by atoms with E-state index in [9.17, 15) is 4.79 Å². The molecule has 174 valence electrons. The van der Waals surface area contributed by atoms with Gasteiger partial charge in [-0.05, 0) is 73.7 Å². The van der Waals surface area contributed by atoms with Crippen LogP contribution in [0.2, 0.25) is 0 Å². The van der Waals surface area contributed by atoms with Crippen LogP contribution in [0.1, 0.15) is 6.92 Å². The van der Waals surface area contributed by atoms with Crippen molar-refractivity contribution in [1.82, 2.24) is 0 Å². The van der Waals surface area contributed by atoms with E-state index in [1.54, 1.807) is 11.8 Å². The molecule has 0 bridgehead atoms. The molecule has 1 aliphatic rings. The van der Waals surface area contributed by atoms with Crippen LogP contribution in [0, 0.1) is 0 Å². The fourth-order valence-electron chi connectivity index (χ4n) is 3.84. The smallest absolute Gasteiger partial charge is 0.244 e. The summed E-state index contributed by atoms with van der Waals surface area (Å²) < 4.78 is 0. The van der Waals surface area contributed by atoms with Crippen LogP contribution in [0.3, 0.4) is 0 Å². The van der Waals surface area contributed by atoms with Crippen molar-refractivity contribution in [2.75, 3.05) is 15.5 Å². The Morgan fingerprint density at radius 2 is 1.37 bits per heavy atom. The first kappa shape index (κ1) is 23.5. The van der Waals surface area contributed by atoms with Crippen molar-refractivity contribution >= 4 is 69.5 Å². The molecule has 0 saturated heterocycles. The van der Waals surface area contributed by atoms with Crippen molar-refractivity contribution < 1.29 is 4.79 Å². The summed E-state index contributed by atoms with van der Waals surface area (Å²) in [5.41, 5.74) is 3.66. The molecule has 5 rings (SSSR count). The second-order valence-corrected chi connectivity index (χ2v) is 10.9. The molecule has 2 N–H and O–H groups in total. The van der Waals surface area contributed by atoms with Crippen molar-refractivity contribution in [2.45, 2.75) is 26.9 Å². The summed E-state index contributed by atoms with van der Waals surface area (Å²) in [6.45, 7) is 1.96. The molecule has 0 aromatic heterocycles. The van der Waals surface area contributed by atoms with Gasteiger partial charge < -0.3 is 10.6 Å². The predicted molar refractivity (Wildman–Crippen MR) is 152 cm³/mol. The van der Waals surface area contributed by atoms with E-state index in [1.807, 2.05) is 103 Å². The van der Waals surface area contributed by atoms with Gasteiger partial charge in [-0.1, -0.05) is 60.3 Å². The van der Waals surface area contributed by atoms with Crippen molar-refractivity contribution in [3.63, 3.8) is 0 Å². The van der Waals surface area contributed by atoms with Gasteiger partial charge in [-0.2, -0.15) is 0 Å². The first-order chi connectivity index (χ1) is 17.1. The molecule has 0 saturated carbocycles. The lowest BCUT2D eigenvalue weighted by Crippen LogP contribution is -2.34. The molecule has 0 fully saturated rings. The average molecular weight is 514 g/mol.